The number of halogens is 2. The third-order valence-electron chi connectivity index (χ3n) is 3.89. The molecule has 0 aliphatic carbocycles. The lowest BCUT2D eigenvalue weighted by Crippen LogP contribution is -2.23. The van der Waals surface area contributed by atoms with Gasteiger partial charge < -0.3 is 14.5 Å². The molecule has 0 unspecified atom stereocenters. The molecule has 1 aromatic heterocycles. The van der Waals surface area contributed by atoms with Gasteiger partial charge in [0, 0.05) is 25.2 Å². The highest BCUT2D eigenvalue weighted by atomic mass is 28.3. The Kier molecular flexibility index (Phi) is 5.32. The van der Waals surface area contributed by atoms with Gasteiger partial charge in [-0.1, -0.05) is 19.6 Å². The van der Waals surface area contributed by atoms with E-state index in [0.717, 1.165) is 6.04 Å². The predicted octanol–water partition coefficient (Wildman–Crippen LogP) is 4.19. The summed E-state index contributed by atoms with van der Waals surface area (Å²) >= 11 is 0. The fraction of sp³-hybridized carbons (Fsp3) is 0.471. The highest BCUT2D eigenvalue weighted by Gasteiger charge is 2.22. The van der Waals surface area contributed by atoms with E-state index >= 15 is 0 Å². The van der Waals surface area contributed by atoms with Crippen LogP contribution in [0.15, 0.2) is 6.07 Å². The Labute approximate surface area is 141 Å². The first-order valence-corrected chi connectivity index (χ1v) is 11.5. The maximum absolute atomic E-state index is 14.5. The minimum atomic E-state index is -1.29. The number of fused-ring (bicyclic) bond motifs is 1. The van der Waals surface area contributed by atoms with E-state index in [1.54, 1.807) is 6.92 Å². The molecular formula is C17H23F2NO3Si. The number of benzene rings is 1. The molecule has 0 bridgehead atoms. The molecule has 0 aliphatic heterocycles. The van der Waals surface area contributed by atoms with Crippen LogP contribution < -0.4 is 4.74 Å². The highest BCUT2D eigenvalue weighted by Crippen LogP contribution is 2.33. The van der Waals surface area contributed by atoms with Crippen molar-refractivity contribution in [2.24, 2.45) is 0 Å². The quantitative estimate of drug-likeness (QED) is 0.624. The molecule has 24 heavy (non-hydrogen) atoms. The van der Waals surface area contributed by atoms with Crippen molar-refractivity contribution in [3.05, 3.63) is 29.0 Å². The topological polar surface area (TPSA) is 51.3 Å². The standard InChI is InChI=1S/C17H23F2NO3Si/c1-10-11(8-14(21)23-6-7-24(3,4)5)15-13(20-10)9-12(18)17(22-2)16(15)19/h9,20H,6-8H2,1-5H3. The molecule has 0 fully saturated rings. The van der Waals surface area contributed by atoms with Crippen molar-refractivity contribution in [1.29, 1.82) is 0 Å². The minimum Gasteiger partial charge on any atom is -0.491 e. The monoisotopic (exact) mass is 355 g/mol. The van der Waals surface area contributed by atoms with Crippen LogP contribution in [0.3, 0.4) is 0 Å². The van der Waals surface area contributed by atoms with Crippen molar-refractivity contribution in [3.63, 3.8) is 0 Å². The highest BCUT2D eigenvalue weighted by molar-refractivity contribution is 6.76. The van der Waals surface area contributed by atoms with Gasteiger partial charge in [-0.05, 0) is 18.5 Å². The lowest BCUT2D eigenvalue weighted by Gasteiger charge is -2.15. The molecule has 132 valence electrons. The van der Waals surface area contributed by atoms with Crippen LogP contribution in [0.1, 0.15) is 11.3 Å². The van der Waals surface area contributed by atoms with Gasteiger partial charge in [0.25, 0.3) is 0 Å². The van der Waals surface area contributed by atoms with Crippen LogP contribution in [-0.4, -0.2) is 32.7 Å². The fourth-order valence-corrected chi connectivity index (χ4v) is 3.25. The zero-order valence-electron chi connectivity index (χ0n) is 14.7. The molecule has 0 saturated carbocycles. The van der Waals surface area contributed by atoms with Crippen molar-refractivity contribution in [1.82, 2.24) is 4.98 Å². The summed E-state index contributed by atoms with van der Waals surface area (Å²) in [5, 5.41) is 0.174. The van der Waals surface area contributed by atoms with Gasteiger partial charge in [-0.25, -0.2) is 8.78 Å². The third kappa shape index (κ3) is 3.95. The SMILES string of the molecule is COc1c(F)cc2[nH]c(C)c(CC(=O)OCC[Si](C)(C)C)c2c1F. The van der Waals surface area contributed by atoms with Gasteiger partial charge in [-0.2, -0.15) is 0 Å². The lowest BCUT2D eigenvalue weighted by molar-refractivity contribution is -0.142. The second kappa shape index (κ2) is 6.92. The maximum Gasteiger partial charge on any atom is 0.310 e. The average Bonchev–Trinajstić information content (AvgIpc) is 2.73. The molecule has 4 nitrogen and oxygen atoms in total. The van der Waals surface area contributed by atoms with Crippen molar-refractivity contribution in [2.45, 2.75) is 39.0 Å². The number of carbonyl (C=O) groups excluding carboxylic acids is 1. The number of ether oxygens (including phenoxy) is 2. The number of aryl methyl sites for hydroxylation is 1. The number of methoxy groups -OCH3 is 1. The van der Waals surface area contributed by atoms with Crippen LogP contribution in [0.2, 0.25) is 25.7 Å². The van der Waals surface area contributed by atoms with Crippen LogP contribution in [0, 0.1) is 18.6 Å². The summed E-state index contributed by atoms with van der Waals surface area (Å²) in [5.74, 6) is -2.45. The van der Waals surface area contributed by atoms with Crippen LogP contribution in [-0.2, 0) is 16.0 Å². The van der Waals surface area contributed by atoms with Crippen molar-refractivity contribution in [3.8, 4) is 5.75 Å². The number of esters is 1. The van der Waals surface area contributed by atoms with Gasteiger partial charge in [-0.3, -0.25) is 4.79 Å². The predicted molar refractivity (Wildman–Crippen MR) is 92.3 cm³/mol. The molecular weight excluding hydrogens is 332 g/mol. The Bertz CT molecular complexity index is 766. The Balaban J connectivity index is 2.26. The largest absolute Gasteiger partial charge is 0.491 e. The number of carbonyl (C=O) groups is 1. The average molecular weight is 355 g/mol. The second-order valence-corrected chi connectivity index (χ2v) is 12.7. The molecule has 0 radical (unpaired) electrons. The Morgan fingerprint density at radius 2 is 1.96 bits per heavy atom. The summed E-state index contributed by atoms with van der Waals surface area (Å²) in [5.41, 5.74) is 1.38. The zero-order chi connectivity index (χ0) is 18.1. The first-order valence-electron chi connectivity index (χ1n) is 7.83. The van der Waals surface area contributed by atoms with Gasteiger partial charge >= 0.3 is 5.97 Å². The summed E-state index contributed by atoms with van der Waals surface area (Å²) in [4.78, 5) is 15.0. The molecule has 1 N–H and O–H groups in total. The van der Waals surface area contributed by atoms with Crippen LogP contribution in [0.25, 0.3) is 10.9 Å². The van der Waals surface area contributed by atoms with Crippen molar-refractivity contribution >= 4 is 24.9 Å². The van der Waals surface area contributed by atoms with Crippen LogP contribution in [0.4, 0.5) is 8.78 Å². The minimum absolute atomic E-state index is 0.0662. The molecule has 0 aliphatic rings. The summed E-state index contributed by atoms with van der Waals surface area (Å²) in [6.45, 7) is 8.67. The summed E-state index contributed by atoms with van der Waals surface area (Å²) < 4.78 is 38.4. The van der Waals surface area contributed by atoms with E-state index in [9.17, 15) is 13.6 Å². The number of rotatable bonds is 6. The number of hydrogen-bond acceptors (Lipinski definition) is 3. The number of hydrogen-bond donors (Lipinski definition) is 1. The van der Waals surface area contributed by atoms with E-state index in [2.05, 4.69) is 24.6 Å². The zero-order valence-corrected chi connectivity index (χ0v) is 15.7. The van der Waals surface area contributed by atoms with Gasteiger partial charge in [-0.15, -0.1) is 0 Å². The molecule has 0 amide bonds. The third-order valence-corrected chi connectivity index (χ3v) is 5.60. The molecule has 0 spiro atoms. The van der Waals surface area contributed by atoms with Gasteiger partial charge in [0.15, 0.2) is 17.4 Å². The van der Waals surface area contributed by atoms with Crippen LogP contribution >= 0.6 is 0 Å². The molecule has 0 atom stereocenters. The Morgan fingerprint density at radius 1 is 1.29 bits per heavy atom. The first kappa shape index (κ1) is 18.4. The summed E-state index contributed by atoms with van der Waals surface area (Å²) in [6.07, 6.45) is -0.0662. The lowest BCUT2D eigenvalue weighted by atomic mass is 10.1. The number of nitrogens with one attached hydrogen (secondary N) is 1. The summed E-state index contributed by atoms with van der Waals surface area (Å²) in [6, 6.07) is 2.04. The second-order valence-electron chi connectivity index (χ2n) is 7.06. The van der Waals surface area contributed by atoms with Crippen LogP contribution in [0.5, 0.6) is 5.75 Å². The van der Waals surface area contributed by atoms with Gasteiger partial charge in [0.05, 0.1) is 25.7 Å². The van der Waals surface area contributed by atoms with Gasteiger partial charge in [0.1, 0.15) is 0 Å². The molecule has 2 rings (SSSR count). The first-order chi connectivity index (χ1) is 11.1. The molecule has 1 heterocycles. The molecule has 1 aromatic carbocycles. The smallest absolute Gasteiger partial charge is 0.310 e. The van der Waals surface area contributed by atoms with E-state index in [0.29, 0.717) is 23.4 Å². The van der Waals surface area contributed by atoms with E-state index in [1.165, 1.54) is 13.2 Å². The normalized spacial score (nSPS) is 11.8. The molecule has 2 aromatic rings. The number of H-pyrrole nitrogens is 1. The number of aromatic nitrogens is 1. The van der Waals surface area contributed by atoms with E-state index in [4.69, 9.17) is 9.47 Å². The Morgan fingerprint density at radius 3 is 2.54 bits per heavy atom. The van der Waals surface area contributed by atoms with Gasteiger partial charge in [0.2, 0.25) is 0 Å². The maximum atomic E-state index is 14.5. The fourth-order valence-electron chi connectivity index (χ4n) is 2.53. The van der Waals surface area contributed by atoms with E-state index in [1.807, 2.05) is 0 Å². The molecule has 0 saturated heterocycles. The number of aromatic amines is 1. The Hall–Kier alpha value is -1.89. The van der Waals surface area contributed by atoms with Crippen molar-refractivity contribution in [2.75, 3.05) is 13.7 Å². The van der Waals surface area contributed by atoms with E-state index < -0.39 is 31.4 Å². The molecule has 7 heteroatoms. The van der Waals surface area contributed by atoms with E-state index in [-0.39, 0.29) is 11.8 Å². The summed E-state index contributed by atoms with van der Waals surface area (Å²) in [7, 11) is -0.0814. The van der Waals surface area contributed by atoms with Crippen molar-refractivity contribution < 1.29 is 23.0 Å².